The van der Waals surface area contributed by atoms with Crippen molar-refractivity contribution in [3.63, 3.8) is 0 Å². The first kappa shape index (κ1) is 24.9. The van der Waals surface area contributed by atoms with Crippen molar-refractivity contribution in [1.82, 2.24) is 4.57 Å². The third-order valence-electron chi connectivity index (χ3n) is 5.00. The molecule has 0 saturated carbocycles. The van der Waals surface area contributed by atoms with Gasteiger partial charge >= 0.3 is 18.1 Å². The molecule has 0 aliphatic carbocycles. The monoisotopic (exact) mass is 489 g/mol. The van der Waals surface area contributed by atoms with Gasteiger partial charge in [0.05, 0.1) is 19.9 Å². The van der Waals surface area contributed by atoms with Gasteiger partial charge in [-0.2, -0.15) is 13.2 Å². The molecular formula is C22H23ClF3NO6. The lowest BCUT2D eigenvalue weighted by Crippen LogP contribution is -2.48. The molecule has 0 spiro atoms. The van der Waals surface area contributed by atoms with E-state index in [1.54, 1.807) is 6.92 Å². The molecule has 3 rings (SSSR count). The van der Waals surface area contributed by atoms with Gasteiger partial charge in [-0.3, -0.25) is 9.59 Å². The van der Waals surface area contributed by atoms with Crippen LogP contribution in [0.3, 0.4) is 0 Å². The molecule has 1 aromatic heterocycles. The molecular weight excluding hydrogens is 467 g/mol. The number of hydrogen-bond donors (Lipinski definition) is 0. The highest BCUT2D eigenvalue weighted by Gasteiger charge is 2.41. The highest BCUT2D eigenvalue weighted by Crippen LogP contribution is 2.39. The zero-order valence-corrected chi connectivity index (χ0v) is 18.8. The highest BCUT2D eigenvalue weighted by atomic mass is 35.5. The van der Waals surface area contributed by atoms with Crippen LogP contribution in [0, 0.1) is 0 Å². The maximum atomic E-state index is 13.2. The number of alkyl halides is 3. The Morgan fingerprint density at radius 2 is 1.94 bits per heavy atom. The second-order valence-corrected chi connectivity index (χ2v) is 7.79. The van der Waals surface area contributed by atoms with Gasteiger partial charge in [0, 0.05) is 35.1 Å². The molecule has 0 radical (unpaired) electrons. The minimum Gasteiger partial charge on any atom is -0.495 e. The summed E-state index contributed by atoms with van der Waals surface area (Å²) >= 11 is 6.06. The number of halogens is 4. The van der Waals surface area contributed by atoms with Crippen LogP contribution in [0.15, 0.2) is 35.3 Å². The average molecular weight is 490 g/mol. The van der Waals surface area contributed by atoms with Crippen LogP contribution in [0.2, 0.25) is 5.02 Å². The molecule has 180 valence electrons. The number of hydrogen-bond acceptors (Lipinski definition) is 6. The average Bonchev–Trinajstić information content (AvgIpc) is 2.77. The van der Waals surface area contributed by atoms with Gasteiger partial charge in [0.25, 0.3) is 5.56 Å². The molecule has 1 aliphatic rings. The first-order valence-corrected chi connectivity index (χ1v) is 10.6. The molecule has 0 bridgehead atoms. The van der Waals surface area contributed by atoms with Crippen LogP contribution in [0.4, 0.5) is 13.2 Å². The van der Waals surface area contributed by atoms with E-state index in [9.17, 15) is 22.8 Å². The molecule has 11 heteroatoms. The van der Waals surface area contributed by atoms with Crippen molar-refractivity contribution < 1.29 is 36.9 Å². The van der Waals surface area contributed by atoms with Crippen LogP contribution >= 0.6 is 11.6 Å². The van der Waals surface area contributed by atoms with Crippen LogP contribution in [0.5, 0.6) is 11.5 Å². The van der Waals surface area contributed by atoms with E-state index in [1.165, 1.54) is 31.5 Å². The molecule has 0 N–H and O–H groups in total. The number of carbonyl (C=O) groups is 1. The Morgan fingerprint density at radius 3 is 2.55 bits per heavy atom. The lowest BCUT2D eigenvalue weighted by atomic mass is 10.0. The van der Waals surface area contributed by atoms with Crippen LogP contribution in [-0.2, 0) is 20.2 Å². The first-order chi connectivity index (χ1) is 15.6. The molecule has 1 fully saturated rings. The fraction of sp³-hybridized carbons (Fsp3) is 0.455. The van der Waals surface area contributed by atoms with E-state index in [-0.39, 0.29) is 47.1 Å². The van der Waals surface area contributed by atoms with Crippen LogP contribution in [0.25, 0.3) is 11.1 Å². The Bertz CT molecular complexity index is 1060. The first-order valence-electron chi connectivity index (χ1n) is 10.2. The number of rotatable bonds is 7. The zero-order valence-electron chi connectivity index (χ0n) is 18.0. The molecule has 2 heterocycles. The standard InChI is InChI=1S/C22H23ClF3NO6/c1-3-20(29)33-22(8-4-5-9-32-22)27-12-18(30-2)16(11-19(27)28)15-10-14(23)6-7-17(15)31-13-21(24,25)26/h6-7,10-12H,3-5,8-9,13H2,1-2H3/t22-/m1/s1. The van der Waals surface area contributed by atoms with Crippen LogP contribution < -0.4 is 15.0 Å². The Balaban J connectivity index is 2.12. The maximum absolute atomic E-state index is 13.2. The maximum Gasteiger partial charge on any atom is 0.422 e. The number of carbonyl (C=O) groups excluding carboxylic acids is 1. The predicted octanol–water partition coefficient (Wildman–Crippen LogP) is 4.88. The summed E-state index contributed by atoms with van der Waals surface area (Å²) in [7, 11) is 1.33. The normalized spacial score (nSPS) is 18.6. The number of pyridine rings is 1. The van der Waals surface area contributed by atoms with E-state index in [1.807, 2.05) is 0 Å². The summed E-state index contributed by atoms with van der Waals surface area (Å²) in [6.45, 7) is 0.370. The van der Waals surface area contributed by atoms with Gasteiger partial charge in [-0.25, -0.2) is 4.57 Å². The highest BCUT2D eigenvalue weighted by molar-refractivity contribution is 6.31. The fourth-order valence-electron chi connectivity index (χ4n) is 3.48. The molecule has 1 atom stereocenters. The van der Waals surface area contributed by atoms with Gasteiger partial charge < -0.3 is 18.9 Å². The van der Waals surface area contributed by atoms with Crippen molar-refractivity contribution in [2.75, 3.05) is 20.3 Å². The van der Waals surface area contributed by atoms with Crippen molar-refractivity contribution in [3.05, 3.63) is 45.8 Å². The largest absolute Gasteiger partial charge is 0.495 e. The molecule has 33 heavy (non-hydrogen) atoms. The third kappa shape index (κ3) is 5.80. The molecule has 1 aromatic carbocycles. The molecule has 7 nitrogen and oxygen atoms in total. The minimum atomic E-state index is -4.56. The summed E-state index contributed by atoms with van der Waals surface area (Å²) in [6.07, 6.45) is -1.54. The molecule has 0 amide bonds. The van der Waals surface area contributed by atoms with Gasteiger partial charge in [-0.15, -0.1) is 0 Å². The van der Waals surface area contributed by atoms with Crippen molar-refractivity contribution >= 4 is 17.6 Å². The Kier molecular flexibility index (Phi) is 7.58. The second kappa shape index (κ2) is 10.0. The van der Waals surface area contributed by atoms with E-state index >= 15 is 0 Å². The molecule has 2 aromatic rings. The lowest BCUT2D eigenvalue weighted by Gasteiger charge is -2.37. The summed E-state index contributed by atoms with van der Waals surface area (Å²) < 4.78 is 60.9. The van der Waals surface area contributed by atoms with Crippen molar-refractivity contribution in [2.45, 2.75) is 44.7 Å². The number of esters is 1. The number of ether oxygens (including phenoxy) is 4. The van der Waals surface area contributed by atoms with E-state index in [2.05, 4.69) is 0 Å². The van der Waals surface area contributed by atoms with Crippen molar-refractivity contribution in [2.24, 2.45) is 0 Å². The van der Waals surface area contributed by atoms with Gasteiger partial charge in [0.2, 0.25) is 0 Å². The van der Waals surface area contributed by atoms with E-state index < -0.39 is 30.2 Å². The van der Waals surface area contributed by atoms with Gasteiger partial charge in [-0.05, 0) is 31.0 Å². The van der Waals surface area contributed by atoms with Crippen LogP contribution in [-0.4, -0.2) is 37.0 Å². The van der Waals surface area contributed by atoms with Gasteiger partial charge in [0.15, 0.2) is 6.61 Å². The SMILES string of the molecule is CCC(=O)O[C@@]1(n2cc(OC)c(-c3cc(Cl)ccc3OCC(F)(F)F)cc2=O)CCCCO1. The Labute approximate surface area is 193 Å². The number of methoxy groups -OCH3 is 1. The summed E-state index contributed by atoms with van der Waals surface area (Å²) in [6, 6.07) is 5.19. The topological polar surface area (TPSA) is 76.0 Å². The van der Waals surface area contributed by atoms with Crippen molar-refractivity contribution in [1.29, 1.82) is 0 Å². The third-order valence-corrected chi connectivity index (χ3v) is 5.24. The van der Waals surface area contributed by atoms with E-state index in [4.69, 9.17) is 30.5 Å². The summed E-state index contributed by atoms with van der Waals surface area (Å²) in [5, 5.41) is 0.222. The Hall–Kier alpha value is -2.72. The molecule has 1 saturated heterocycles. The van der Waals surface area contributed by atoms with E-state index in [0.29, 0.717) is 6.42 Å². The smallest absolute Gasteiger partial charge is 0.422 e. The predicted molar refractivity (Wildman–Crippen MR) is 113 cm³/mol. The van der Waals surface area contributed by atoms with Crippen LogP contribution in [0.1, 0.15) is 32.6 Å². The zero-order chi connectivity index (χ0) is 24.2. The summed E-state index contributed by atoms with van der Waals surface area (Å²) in [5.74, 6) is -2.20. The quantitative estimate of drug-likeness (QED) is 0.516. The fourth-order valence-corrected chi connectivity index (χ4v) is 3.65. The summed E-state index contributed by atoms with van der Waals surface area (Å²) in [4.78, 5) is 25.2. The Morgan fingerprint density at radius 1 is 1.21 bits per heavy atom. The minimum absolute atomic E-state index is 0.0809. The molecule has 1 aliphatic heterocycles. The molecule has 0 unspecified atom stereocenters. The van der Waals surface area contributed by atoms with E-state index in [0.717, 1.165) is 17.1 Å². The van der Waals surface area contributed by atoms with Gasteiger partial charge in [0.1, 0.15) is 11.5 Å². The van der Waals surface area contributed by atoms with Gasteiger partial charge in [-0.1, -0.05) is 18.5 Å². The lowest BCUT2D eigenvalue weighted by molar-refractivity contribution is -0.296. The number of aromatic nitrogens is 1. The number of nitrogens with zero attached hydrogens (tertiary/aromatic N) is 1. The number of benzene rings is 1. The summed E-state index contributed by atoms with van der Waals surface area (Å²) in [5.41, 5.74) is -0.318. The second-order valence-electron chi connectivity index (χ2n) is 7.35. The van der Waals surface area contributed by atoms with Crippen molar-refractivity contribution in [3.8, 4) is 22.6 Å².